The molecule has 0 radical (unpaired) electrons. The molecule has 0 saturated carbocycles. The van der Waals surface area contributed by atoms with Gasteiger partial charge in [-0.1, -0.05) is 37.6 Å². The van der Waals surface area contributed by atoms with Gasteiger partial charge in [0.25, 0.3) is 0 Å². The Balaban J connectivity index is 1.94. The van der Waals surface area contributed by atoms with Crippen molar-refractivity contribution in [3.05, 3.63) is 47.7 Å². The molecular weight excluding hydrogens is 370 g/mol. The standard InChI is InChI=1S/C22H25N3O4/c1-4-7-14-8-10-15(11-9-14)19-24-17-13-12-16(23-20(17)25-19)18(21(26)28-5-2)22(27)29-6-3/h8-13,18H,4-7H2,1-3H3,(H,23,24,25). The van der Waals surface area contributed by atoms with E-state index in [2.05, 4.69) is 34.0 Å². The van der Waals surface area contributed by atoms with Gasteiger partial charge in [0, 0.05) is 5.56 Å². The smallest absolute Gasteiger partial charge is 0.326 e. The van der Waals surface area contributed by atoms with E-state index in [1.54, 1.807) is 26.0 Å². The summed E-state index contributed by atoms with van der Waals surface area (Å²) in [6.07, 6.45) is 2.13. The molecule has 0 spiro atoms. The van der Waals surface area contributed by atoms with Gasteiger partial charge >= 0.3 is 11.9 Å². The van der Waals surface area contributed by atoms with Crippen molar-refractivity contribution in [1.82, 2.24) is 15.0 Å². The van der Waals surface area contributed by atoms with Gasteiger partial charge in [-0.15, -0.1) is 0 Å². The second-order valence-corrected chi connectivity index (χ2v) is 6.58. The highest BCUT2D eigenvalue weighted by atomic mass is 16.6. The lowest BCUT2D eigenvalue weighted by Crippen LogP contribution is -2.27. The van der Waals surface area contributed by atoms with Crippen molar-refractivity contribution in [2.45, 2.75) is 39.5 Å². The third-order valence-corrected chi connectivity index (χ3v) is 4.47. The molecule has 0 fully saturated rings. The molecule has 0 atom stereocenters. The van der Waals surface area contributed by atoms with Crippen LogP contribution in [0.4, 0.5) is 0 Å². The number of carbonyl (C=O) groups excluding carboxylic acids is 2. The first-order valence-electron chi connectivity index (χ1n) is 9.86. The molecule has 3 aromatic rings. The summed E-state index contributed by atoms with van der Waals surface area (Å²) in [7, 11) is 0. The number of rotatable bonds is 8. The number of ether oxygens (including phenoxy) is 2. The number of hydrogen-bond acceptors (Lipinski definition) is 6. The van der Waals surface area contributed by atoms with Gasteiger partial charge in [0.2, 0.25) is 0 Å². The maximum absolute atomic E-state index is 12.3. The zero-order valence-corrected chi connectivity index (χ0v) is 16.9. The molecule has 7 nitrogen and oxygen atoms in total. The number of nitrogens with one attached hydrogen (secondary N) is 1. The van der Waals surface area contributed by atoms with Crippen LogP contribution >= 0.6 is 0 Å². The zero-order chi connectivity index (χ0) is 20.8. The number of hydrogen-bond donors (Lipinski definition) is 1. The minimum absolute atomic E-state index is 0.164. The molecule has 2 aromatic heterocycles. The molecule has 0 unspecified atom stereocenters. The fourth-order valence-corrected chi connectivity index (χ4v) is 3.11. The van der Waals surface area contributed by atoms with Crippen molar-refractivity contribution >= 4 is 23.1 Å². The highest BCUT2D eigenvalue weighted by Gasteiger charge is 2.33. The second-order valence-electron chi connectivity index (χ2n) is 6.58. The Morgan fingerprint density at radius 2 is 1.59 bits per heavy atom. The fourth-order valence-electron chi connectivity index (χ4n) is 3.11. The lowest BCUT2D eigenvalue weighted by molar-refractivity contribution is -0.157. The lowest BCUT2D eigenvalue weighted by Gasteiger charge is -2.13. The molecule has 0 amide bonds. The van der Waals surface area contributed by atoms with Crippen molar-refractivity contribution in [3.63, 3.8) is 0 Å². The molecule has 0 aliphatic carbocycles. The molecule has 29 heavy (non-hydrogen) atoms. The van der Waals surface area contributed by atoms with E-state index in [1.165, 1.54) is 5.56 Å². The van der Waals surface area contributed by atoms with Crippen molar-refractivity contribution in [3.8, 4) is 11.4 Å². The van der Waals surface area contributed by atoms with Gasteiger partial charge in [0.15, 0.2) is 11.6 Å². The van der Waals surface area contributed by atoms with Crippen LogP contribution in [-0.4, -0.2) is 40.1 Å². The number of esters is 2. The van der Waals surface area contributed by atoms with E-state index in [0.717, 1.165) is 18.4 Å². The summed E-state index contributed by atoms with van der Waals surface area (Å²) in [6.45, 7) is 5.84. The Hall–Kier alpha value is -3.22. The number of benzene rings is 1. The molecule has 0 aliphatic heterocycles. The fraction of sp³-hybridized carbons (Fsp3) is 0.364. The lowest BCUT2D eigenvalue weighted by atomic mass is 10.1. The number of imidazole rings is 1. The van der Waals surface area contributed by atoms with Crippen LogP contribution in [-0.2, 0) is 25.5 Å². The summed E-state index contributed by atoms with van der Waals surface area (Å²) in [5, 5.41) is 0. The molecule has 7 heteroatoms. The van der Waals surface area contributed by atoms with Crippen molar-refractivity contribution < 1.29 is 19.1 Å². The minimum Gasteiger partial charge on any atom is -0.465 e. The molecule has 0 bridgehead atoms. The Bertz CT molecular complexity index is 977. The van der Waals surface area contributed by atoms with Crippen molar-refractivity contribution in [2.24, 2.45) is 0 Å². The predicted octanol–water partition coefficient (Wildman–Crippen LogP) is 3.79. The summed E-state index contributed by atoms with van der Waals surface area (Å²) in [6, 6.07) is 11.6. The van der Waals surface area contributed by atoms with E-state index < -0.39 is 17.9 Å². The van der Waals surface area contributed by atoms with Gasteiger partial charge in [-0.05, 0) is 38.0 Å². The van der Waals surface area contributed by atoms with Gasteiger partial charge in [0.05, 0.1) is 24.4 Å². The number of nitrogens with zero attached hydrogens (tertiary/aromatic N) is 2. The van der Waals surface area contributed by atoms with Crippen LogP contribution < -0.4 is 0 Å². The third kappa shape index (κ3) is 4.62. The van der Waals surface area contributed by atoms with E-state index in [9.17, 15) is 9.59 Å². The molecule has 2 heterocycles. The molecular formula is C22H25N3O4. The van der Waals surface area contributed by atoms with Gasteiger partial charge in [-0.2, -0.15) is 0 Å². The highest BCUT2D eigenvalue weighted by molar-refractivity contribution is 6.00. The van der Waals surface area contributed by atoms with Crippen LogP contribution in [0.15, 0.2) is 36.4 Å². The Labute approximate surface area is 169 Å². The number of aryl methyl sites for hydroxylation is 1. The summed E-state index contributed by atoms with van der Waals surface area (Å²) in [4.78, 5) is 36.8. The number of carbonyl (C=O) groups is 2. The maximum atomic E-state index is 12.3. The first kappa shape index (κ1) is 20.5. The van der Waals surface area contributed by atoms with Crippen LogP contribution in [0.2, 0.25) is 0 Å². The van der Waals surface area contributed by atoms with Gasteiger partial charge < -0.3 is 14.5 Å². The Morgan fingerprint density at radius 1 is 0.931 bits per heavy atom. The van der Waals surface area contributed by atoms with Gasteiger partial charge in [-0.25, -0.2) is 9.97 Å². The number of fused-ring (bicyclic) bond motifs is 1. The molecule has 1 aromatic carbocycles. The Morgan fingerprint density at radius 3 is 2.17 bits per heavy atom. The van der Waals surface area contributed by atoms with Gasteiger partial charge in [0.1, 0.15) is 5.82 Å². The first-order valence-corrected chi connectivity index (χ1v) is 9.86. The topological polar surface area (TPSA) is 94.2 Å². The SMILES string of the molecule is CCCc1ccc(-c2nc3nc(C(C(=O)OCC)C(=O)OCC)ccc3[nH]2)cc1. The summed E-state index contributed by atoms with van der Waals surface area (Å²) >= 11 is 0. The highest BCUT2D eigenvalue weighted by Crippen LogP contribution is 2.24. The van der Waals surface area contributed by atoms with Crippen molar-refractivity contribution in [1.29, 1.82) is 0 Å². The number of aromatic amines is 1. The maximum Gasteiger partial charge on any atom is 0.326 e. The summed E-state index contributed by atoms with van der Waals surface area (Å²) in [5.74, 6) is -1.91. The summed E-state index contributed by atoms with van der Waals surface area (Å²) < 4.78 is 10.1. The minimum atomic E-state index is -1.23. The average Bonchev–Trinajstić information content (AvgIpc) is 3.13. The van der Waals surface area contributed by atoms with E-state index in [1.807, 2.05) is 12.1 Å². The van der Waals surface area contributed by atoms with Crippen LogP contribution in [0.1, 0.15) is 44.4 Å². The van der Waals surface area contributed by atoms with Crippen LogP contribution in [0, 0.1) is 0 Å². The summed E-state index contributed by atoms with van der Waals surface area (Å²) in [5.41, 5.74) is 3.61. The normalized spacial score (nSPS) is 11.0. The zero-order valence-electron chi connectivity index (χ0n) is 16.9. The third-order valence-electron chi connectivity index (χ3n) is 4.47. The van der Waals surface area contributed by atoms with E-state index in [4.69, 9.17) is 9.47 Å². The second kappa shape index (κ2) is 9.32. The quantitative estimate of drug-likeness (QED) is 0.461. The van der Waals surface area contributed by atoms with Gasteiger partial charge in [-0.3, -0.25) is 9.59 Å². The molecule has 3 rings (SSSR count). The van der Waals surface area contributed by atoms with Crippen LogP contribution in [0.5, 0.6) is 0 Å². The first-order chi connectivity index (χ1) is 14.1. The Kier molecular flexibility index (Phi) is 6.59. The van der Waals surface area contributed by atoms with Crippen LogP contribution in [0.3, 0.4) is 0 Å². The number of aromatic nitrogens is 3. The van der Waals surface area contributed by atoms with E-state index in [0.29, 0.717) is 17.0 Å². The van der Waals surface area contributed by atoms with Crippen molar-refractivity contribution in [2.75, 3.05) is 13.2 Å². The molecule has 1 N–H and O–H groups in total. The molecule has 0 saturated heterocycles. The average molecular weight is 395 g/mol. The van der Waals surface area contributed by atoms with Crippen LogP contribution in [0.25, 0.3) is 22.6 Å². The number of H-pyrrole nitrogens is 1. The largest absolute Gasteiger partial charge is 0.465 e. The van der Waals surface area contributed by atoms with E-state index in [-0.39, 0.29) is 18.9 Å². The number of pyridine rings is 1. The molecule has 152 valence electrons. The van der Waals surface area contributed by atoms with E-state index >= 15 is 0 Å². The predicted molar refractivity (Wildman–Crippen MR) is 109 cm³/mol. The monoisotopic (exact) mass is 395 g/mol. The molecule has 0 aliphatic rings.